The monoisotopic (exact) mass is 479 g/mol. The van der Waals surface area contributed by atoms with E-state index in [9.17, 15) is 4.79 Å². The zero-order chi connectivity index (χ0) is 18.1. The van der Waals surface area contributed by atoms with Gasteiger partial charge in [-0.05, 0) is 52.6 Å². The second-order valence-corrected chi connectivity index (χ2v) is 8.01. The molecule has 0 aromatic heterocycles. The molecule has 0 atom stereocenters. The molecule has 1 saturated heterocycles. The van der Waals surface area contributed by atoms with Gasteiger partial charge in [-0.2, -0.15) is 0 Å². The summed E-state index contributed by atoms with van der Waals surface area (Å²) in [6.45, 7) is 8.40. The average molecular weight is 479 g/mol. The first-order chi connectivity index (χ1) is 12.0. The van der Waals surface area contributed by atoms with Crippen LogP contribution in [-0.4, -0.2) is 61.6 Å². The molecule has 1 aliphatic heterocycles. The van der Waals surface area contributed by atoms with Crippen LogP contribution >= 0.6 is 24.0 Å². The van der Waals surface area contributed by atoms with Crippen LogP contribution in [-0.2, 0) is 4.79 Å². The first-order valence-corrected chi connectivity index (χ1v) is 10.0. The number of hydrogen-bond acceptors (Lipinski definition) is 3. The van der Waals surface area contributed by atoms with Crippen LogP contribution in [0.25, 0.3) is 0 Å². The number of hydrogen-bond donors (Lipinski definition) is 3. The molecule has 1 amide bonds. The van der Waals surface area contributed by atoms with Crippen LogP contribution < -0.4 is 16.0 Å². The molecule has 0 aromatic carbocycles. The van der Waals surface area contributed by atoms with Gasteiger partial charge in [-0.25, -0.2) is 0 Å². The Hall–Kier alpha value is -0.570. The number of nitrogens with zero attached hydrogens (tertiary/aromatic N) is 2. The summed E-state index contributed by atoms with van der Waals surface area (Å²) in [5, 5.41) is 9.80. The lowest BCUT2D eigenvalue weighted by Gasteiger charge is -2.41. The van der Waals surface area contributed by atoms with Gasteiger partial charge in [0.2, 0.25) is 5.91 Å². The van der Waals surface area contributed by atoms with Gasteiger partial charge in [0.1, 0.15) is 0 Å². The molecule has 152 valence electrons. The molecule has 2 aliphatic rings. The number of amides is 1. The standard InChI is InChI=1S/C19H37N5O.HI/c1-19(2,24-13-7-4-8-14-24)15-22-18(20-3)21-12-11-17(25)23-16-9-5-6-10-16;/h16H,4-15H2,1-3H3,(H,23,25)(H2,20,21,22);1H. The highest BCUT2D eigenvalue weighted by Crippen LogP contribution is 2.19. The van der Waals surface area contributed by atoms with Crippen LogP contribution in [0.1, 0.15) is 65.2 Å². The third kappa shape index (κ3) is 7.98. The van der Waals surface area contributed by atoms with Gasteiger partial charge in [-0.3, -0.25) is 14.7 Å². The molecule has 3 N–H and O–H groups in total. The van der Waals surface area contributed by atoms with Crippen LogP contribution in [0.3, 0.4) is 0 Å². The maximum atomic E-state index is 12.0. The summed E-state index contributed by atoms with van der Waals surface area (Å²) < 4.78 is 0. The van der Waals surface area contributed by atoms with Gasteiger partial charge in [0.25, 0.3) is 0 Å². The molecule has 26 heavy (non-hydrogen) atoms. The number of aliphatic imine (C=N–C) groups is 1. The van der Waals surface area contributed by atoms with E-state index in [-0.39, 0.29) is 35.4 Å². The second-order valence-electron chi connectivity index (χ2n) is 8.01. The molecule has 2 rings (SSSR count). The quantitative estimate of drug-likeness (QED) is 0.298. The lowest BCUT2D eigenvalue weighted by molar-refractivity contribution is -0.121. The van der Waals surface area contributed by atoms with Gasteiger partial charge in [-0.1, -0.05) is 19.3 Å². The molecule has 2 fully saturated rings. The molecule has 6 nitrogen and oxygen atoms in total. The van der Waals surface area contributed by atoms with Crippen molar-refractivity contribution in [2.24, 2.45) is 4.99 Å². The topological polar surface area (TPSA) is 68.8 Å². The number of rotatable bonds is 7. The molecule has 0 aromatic rings. The molecule has 0 bridgehead atoms. The van der Waals surface area contributed by atoms with Crippen molar-refractivity contribution in [3.8, 4) is 0 Å². The van der Waals surface area contributed by atoms with Crippen LogP contribution in [0, 0.1) is 0 Å². The highest BCUT2D eigenvalue weighted by atomic mass is 127. The van der Waals surface area contributed by atoms with Crippen LogP contribution in [0.5, 0.6) is 0 Å². The summed E-state index contributed by atoms with van der Waals surface area (Å²) in [7, 11) is 1.78. The Morgan fingerprint density at radius 3 is 2.35 bits per heavy atom. The number of carbonyl (C=O) groups excluding carboxylic acids is 1. The van der Waals surface area contributed by atoms with Crippen molar-refractivity contribution in [1.82, 2.24) is 20.9 Å². The van der Waals surface area contributed by atoms with Gasteiger partial charge < -0.3 is 16.0 Å². The third-order valence-corrected chi connectivity index (χ3v) is 5.49. The van der Waals surface area contributed by atoms with E-state index in [0.29, 0.717) is 19.0 Å². The van der Waals surface area contributed by atoms with E-state index in [1.54, 1.807) is 7.05 Å². The van der Waals surface area contributed by atoms with Gasteiger partial charge in [0.15, 0.2) is 5.96 Å². The molecular weight excluding hydrogens is 441 g/mol. The van der Waals surface area contributed by atoms with Crippen LogP contribution in [0.15, 0.2) is 4.99 Å². The lowest BCUT2D eigenvalue weighted by atomic mass is 9.98. The molecule has 1 heterocycles. The van der Waals surface area contributed by atoms with Crippen molar-refractivity contribution in [3.05, 3.63) is 0 Å². The van der Waals surface area contributed by atoms with Crippen molar-refractivity contribution >= 4 is 35.8 Å². The highest BCUT2D eigenvalue weighted by molar-refractivity contribution is 14.0. The average Bonchev–Trinajstić information content (AvgIpc) is 3.11. The Morgan fingerprint density at radius 2 is 1.73 bits per heavy atom. The minimum atomic E-state index is 0. The minimum Gasteiger partial charge on any atom is -0.356 e. The zero-order valence-corrected chi connectivity index (χ0v) is 19.1. The zero-order valence-electron chi connectivity index (χ0n) is 16.8. The summed E-state index contributed by atoms with van der Waals surface area (Å²) in [5.74, 6) is 0.919. The molecular formula is C19H38IN5O. The largest absolute Gasteiger partial charge is 0.356 e. The molecule has 0 unspecified atom stereocenters. The van der Waals surface area contributed by atoms with Crippen LogP contribution in [0.2, 0.25) is 0 Å². The Kier molecular flexibility index (Phi) is 10.8. The van der Waals surface area contributed by atoms with E-state index >= 15 is 0 Å². The van der Waals surface area contributed by atoms with Gasteiger partial charge in [-0.15, -0.1) is 24.0 Å². The molecule has 1 saturated carbocycles. The third-order valence-electron chi connectivity index (χ3n) is 5.49. The van der Waals surface area contributed by atoms with E-state index in [2.05, 4.69) is 39.7 Å². The summed E-state index contributed by atoms with van der Waals surface area (Å²) in [4.78, 5) is 18.8. The maximum Gasteiger partial charge on any atom is 0.221 e. The Labute approximate surface area is 176 Å². The van der Waals surface area contributed by atoms with Crippen molar-refractivity contribution < 1.29 is 4.79 Å². The first-order valence-electron chi connectivity index (χ1n) is 10.0. The van der Waals surface area contributed by atoms with Gasteiger partial charge >= 0.3 is 0 Å². The van der Waals surface area contributed by atoms with Crippen molar-refractivity contribution in [2.45, 2.75) is 76.8 Å². The predicted molar refractivity (Wildman–Crippen MR) is 119 cm³/mol. The van der Waals surface area contributed by atoms with E-state index < -0.39 is 0 Å². The van der Waals surface area contributed by atoms with Gasteiger partial charge in [0.05, 0.1) is 0 Å². The lowest BCUT2D eigenvalue weighted by Crippen LogP contribution is -2.55. The molecule has 0 radical (unpaired) electrons. The fraction of sp³-hybridized carbons (Fsp3) is 0.895. The fourth-order valence-corrected chi connectivity index (χ4v) is 3.80. The normalized spacial score (nSPS) is 19.7. The van der Waals surface area contributed by atoms with E-state index in [1.807, 2.05) is 0 Å². The van der Waals surface area contributed by atoms with Crippen molar-refractivity contribution in [3.63, 3.8) is 0 Å². The van der Waals surface area contributed by atoms with E-state index in [1.165, 1.54) is 45.2 Å². The SMILES string of the molecule is CN=C(NCCC(=O)NC1CCCC1)NCC(C)(C)N1CCCCC1.I. The van der Waals surface area contributed by atoms with Gasteiger partial charge in [0, 0.05) is 38.1 Å². The highest BCUT2D eigenvalue weighted by Gasteiger charge is 2.27. The van der Waals surface area contributed by atoms with Crippen molar-refractivity contribution in [1.29, 1.82) is 0 Å². The second kappa shape index (κ2) is 12.0. The number of guanidine groups is 1. The number of nitrogens with one attached hydrogen (secondary N) is 3. The fourth-order valence-electron chi connectivity index (χ4n) is 3.80. The Bertz CT molecular complexity index is 443. The summed E-state index contributed by atoms with van der Waals surface area (Å²) in [6.07, 6.45) is 9.19. The van der Waals surface area contributed by atoms with E-state index in [4.69, 9.17) is 0 Å². The summed E-state index contributed by atoms with van der Waals surface area (Å²) in [5.41, 5.74) is 0.109. The van der Waals surface area contributed by atoms with Crippen molar-refractivity contribution in [2.75, 3.05) is 33.2 Å². The Morgan fingerprint density at radius 1 is 1.08 bits per heavy atom. The molecule has 7 heteroatoms. The molecule has 1 aliphatic carbocycles. The van der Waals surface area contributed by atoms with E-state index in [0.717, 1.165) is 25.3 Å². The summed E-state index contributed by atoms with van der Waals surface area (Å²) in [6, 6.07) is 0.398. The maximum absolute atomic E-state index is 12.0. The molecule has 0 spiro atoms. The smallest absolute Gasteiger partial charge is 0.221 e. The number of carbonyl (C=O) groups is 1. The first kappa shape index (κ1) is 23.5. The number of likely N-dealkylation sites (tertiary alicyclic amines) is 1. The summed E-state index contributed by atoms with van der Waals surface area (Å²) >= 11 is 0. The number of piperidine rings is 1. The predicted octanol–water partition coefficient (Wildman–Crippen LogP) is 2.48. The number of halogens is 1. The van der Waals surface area contributed by atoms with Crippen LogP contribution in [0.4, 0.5) is 0 Å². The Balaban J connectivity index is 0.00000338. The minimum absolute atomic E-state index is 0.